The third kappa shape index (κ3) is 1.94. The fraction of sp³-hybridized carbons (Fsp3) is 0.889. The minimum absolute atomic E-state index is 0.111. The highest BCUT2D eigenvalue weighted by molar-refractivity contribution is 8.02. The number of aliphatic hydroxyl groups excluding tert-OH is 1. The van der Waals surface area contributed by atoms with Crippen molar-refractivity contribution in [3.05, 3.63) is 0 Å². The van der Waals surface area contributed by atoms with Gasteiger partial charge in [-0.05, 0) is 6.42 Å². The summed E-state index contributed by atoms with van der Waals surface area (Å²) in [5, 5.41) is 17.8. The van der Waals surface area contributed by atoms with Gasteiger partial charge in [-0.1, -0.05) is 20.8 Å². The number of hydrogen-bond donors (Lipinski definition) is 1. The van der Waals surface area contributed by atoms with E-state index in [2.05, 4.69) is 26.8 Å². The van der Waals surface area contributed by atoms with Crippen LogP contribution in [-0.2, 0) is 0 Å². The second-order valence-electron chi connectivity index (χ2n) is 4.30. The van der Waals surface area contributed by atoms with E-state index in [-0.39, 0.29) is 22.0 Å². The van der Waals surface area contributed by atoms with Gasteiger partial charge in [0.2, 0.25) is 0 Å². The lowest BCUT2D eigenvalue weighted by atomic mass is 10.3. The minimum Gasteiger partial charge on any atom is -0.396 e. The summed E-state index contributed by atoms with van der Waals surface area (Å²) < 4.78 is -0.174. The van der Waals surface area contributed by atoms with E-state index >= 15 is 0 Å². The summed E-state index contributed by atoms with van der Waals surface area (Å²) in [7, 11) is 0. The molecule has 0 aliphatic heterocycles. The van der Waals surface area contributed by atoms with E-state index in [1.807, 2.05) is 0 Å². The molecule has 0 bridgehead atoms. The van der Waals surface area contributed by atoms with E-state index in [1.165, 1.54) is 0 Å². The summed E-state index contributed by atoms with van der Waals surface area (Å²) in [6.07, 6.45) is 0.849. The molecule has 0 aromatic rings. The standard InChI is InChI=1S/C9H15NOS/c1-8(2,3)12-9(6-10)4-7(9)5-11/h7,11H,4-5H2,1-3H3. The molecule has 0 aromatic carbocycles. The average Bonchev–Trinajstić information content (AvgIpc) is 2.60. The Morgan fingerprint density at radius 2 is 2.25 bits per heavy atom. The molecule has 1 rings (SSSR count). The maximum atomic E-state index is 8.94. The molecule has 1 fully saturated rings. The highest BCUT2D eigenvalue weighted by atomic mass is 32.2. The van der Waals surface area contributed by atoms with Crippen molar-refractivity contribution in [2.45, 2.75) is 36.7 Å². The third-order valence-electron chi connectivity index (χ3n) is 1.95. The Morgan fingerprint density at radius 3 is 2.50 bits per heavy atom. The zero-order valence-electron chi connectivity index (χ0n) is 7.79. The van der Waals surface area contributed by atoms with Gasteiger partial charge in [0.05, 0.1) is 6.07 Å². The number of nitrogens with zero attached hydrogens (tertiary/aromatic N) is 1. The molecule has 0 heterocycles. The molecule has 1 saturated carbocycles. The van der Waals surface area contributed by atoms with Gasteiger partial charge in [0.25, 0.3) is 0 Å². The normalized spacial score (nSPS) is 34.4. The van der Waals surface area contributed by atoms with Gasteiger partial charge in [0, 0.05) is 17.3 Å². The second-order valence-corrected chi connectivity index (χ2v) is 6.46. The SMILES string of the molecule is CC(C)(C)SC1(C#N)CC1CO. The van der Waals surface area contributed by atoms with Crippen molar-refractivity contribution >= 4 is 11.8 Å². The molecule has 0 radical (unpaired) electrons. The van der Waals surface area contributed by atoms with Crippen LogP contribution in [0.4, 0.5) is 0 Å². The predicted octanol–water partition coefficient (Wildman–Crippen LogP) is 1.79. The number of thioether (sulfide) groups is 1. The van der Waals surface area contributed by atoms with E-state index in [0.29, 0.717) is 0 Å². The summed E-state index contributed by atoms with van der Waals surface area (Å²) in [5.41, 5.74) is 0. The maximum Gasteiger partial charge on any atom is 0.108 e. The molecule has 0 aromatic heterocycles. The Kier molecular flexibility index (Phi) is 2.42. The predicted molar refractivity (Wildman–Crippen MR) is 50.9 cm³/mol. The first-order valence-electron chi connectivity index (χ1n) is 4.16. The van der Waals surface area contributed by atoms with Gasteiger partial charge in [-0.25, -0.2) is 0 Å². The van der Waals surface area contributed by atoms with Crippen LogP contribution in [0.25, 0.3) is 0 Å². The molecule has 1 aliphatic rings. The lowest BCUT2D eigenvalue weighted by Gasteiger charge is -2.21. The lowest BCUT2D eigenvalue weighted by molar-refractivity contribution is 0.274. The number of nitriles is 1. The zero-order valence-corrected chi connectivity index (χ0v) is 8.61. The van der Waals surface area contributed by atoms with Gasteiger partial charge >= 0.3 is 0 Å². The fourth-order valence-electron chi connectivity index (χ4n) is 1.35. The molecule has 3 heteroatoms. The largest absolute Gasteiger partial charge is 0.396 e. The number of aliphatic hydroxyl groups is 1. The van der Waals surface area contributed by atoms with Crippen molar-refractivity contribution in [1.82, 2.24) is 0 Å². The fourth-order valence-corrected chi connectivity index (χ4v) is 3.01. The van der Waals surface area contributed by atoms with Crippen molar-refractivity contribution < 1.29 is 5.11 Å². The van der Waals surface area contributed by atoms with Crippen LogP contribution in [0.2, 0.25) is 0 Å². The van der Waals surface area contributed by atoms with Crippen LogP contribution in [0.5, 0.6) is 0 Å². The molecular weight excluding hydrogens is 170 g/mol. The first-order valence-corrected chi connectivity index (χ1v) is 4.97. The molecule has 2 unspecified atom stereocenters. The van der Waals surface area contributed by atoms with Crippen LogP contribution < -0.4 is 0 Å². The van der Waals surface area contributed by atoms with Gasteiger partial charge in [-0.2, -0.15) is 5.26 Å². The van der Waals surface area contributed by atoms with E-state index in [1.54, 1.807) is 11.8 Å². The average molecular weight is 185 g/mol. The van der Waals surface area contributed by atoms with Gasteiger partial charge in [0.1, 0.15) is 4.75 Å². The minimum atomic E-state index is -0.285. The summed E-state index contributed by atoms with van der Waals surface area (Å²) in [5.74, 6) is 0.201. The number of hydrogen-bond acceptors (Lipinski definition) is 3. The smallest absolute Gasteiger partial charge is 0.108 e. The molecule has 0 amide bonds. The van der Waals surface area contributed by atoms with Crippen molar-refractivity contribution in [1.29, 1.82) is 5.26 Å². The molecule has 12 heavy (non-hydrogen) atoms. The Labute approximate surface area is 78.0 Å². The highest BCUT2D eigenvalue weighted by Gasteiger charge is 2.56. The van der Waals surface area contributed by atoms with Gasteiger partial charge in [-0.3, -0.25) is 0 Å². The van der Waals surface area contributed by atoms with Crippen LogP contribution in [-0.4, -0.2) is 21.2 Å². The van der Waals surface area contributed by atoms with Crippen LogP contribution in [0, 0.1) is 17.2 Å². The topological polar surface area (TPSA) is 44.0 Å². The van der Waals surface area contributed by atoms with Crippen molar-refractivity contribution in [3.8, 4) is 6.07 Å². The highest BCUT2D eigenvalue weighted by Crippen LogP contribution is 2.57. The second kappa shape index (κ2) is 2.93. The summed E-state index contributed by atoms with van der Waals surface area (Å²) in [6.45, 7) is 6.45. The van der Waals surface area contributed by atoms with E-state index in [0.717, 1.165) is 6.42 Å². The summed E-state index contributed by atoms with van der Waals surface area (Å²) in [4.78, 5) is 0. The Morgan fingerprint density at radius 1 is 1.67 bits per heavy atom. The van der Waals surface area contributed by atoms with Crippen molar-refractivity contribution in [2.75, 3.05) is 6.61 Å². The van der Waals surface area contributed by atoms with Crippen molar-refractivity contribution in [3.63, 3.8) is 0 Å². The summed E-state index contributed by atoms with van der Waals surface area (Å²) in [6, 6.07) is 2.31. The first kappa shape index (κ1) is 9.88. The molecule has 2 nitrogen and oxygen atoms in total. The van der Waals surface area contributed by atoms with E-state index in [4.69, 9.17) is 10.4 Å². The molecule has 1 aliphatic carbocycles. The van der Waals surface area contributed by atoms with E-state index < -0.39 is 0 Å². The third-order valence-corrected chi connectivity index (χ3v) is 3.51. The Balaban J connectivity index is 2.57. The van der Waals surface area contributed by atoms with Gasteiger partial charge in [-0.15, -0.1) is 11.8 Å². The van der Waals surface area contributed by atoms with E-state index in [9.17, 15) is 0 Å². The molecular formula is C9H15NOS. The molecule has 0 saturated heterocycles. The van der Waals surface area contributed by atoms with Crippen LogP contribution >= 0.6 is 11.8 Å². The molecule has 2 atom stereocenters. The van der Waals surface area contributed by atoms with Crippen molar-refractivity contribution in [2.24, 2.45) is 5.92 Å². The van der Waals surface area contributed by atoms with Gasteiger partial charge in [0.15, 0.2) is 0 Å². The lowest BCUT2D eigenvalue weighted by Crippen LogP contribution is -2.18. The first-order chi connectivity index (χ1) is 5.43. The van der Waals surface area contributed by atoms with Crippen LogP contribution in [0.15, 0.2) is 0 Å². The molecule has 68 valence electrons. The molecule has 1 N–H and O–H groups in total. The van der Waals surface area contributed by atoms with Crippen LogP contribution in [0.3, 0.4) is 0 Å². The molecule has 0 spiro atoms. The quantitative estimate of drug-likeness (QED) is 0.713. The number of rotatable bonds is 2. The maximum absolute atomic E-state index is 8.94. The Bertz CT molecular complexity index is 216. The Hall–Kier alpha value is -0.200. The monoisotopic (exact) mass is 185 g/mol. The summed E-state index contributed by atoms with van der Waals surface area (Å²) >= 11 is 1.68. The van der Waals surface area contributed by atoms with Gasteiger partial charge < -0.3 is 5.11 Å². The van der Waals surface area contributed by atoms with Crippen LogP contribution in [0.1, 0.15) is 27.2 Å². The zero-order chi connectivity index (χ0) is 9.41.